The molecule has 0 fully saturated rings. The second-order valence-corrected chi connectivity index (χ2v) is 4.02. The number of hydrogen-bond acceptors (Lipinski definition) is 3. The molecule has 13 heavy (non-hydrogen) atoms. The molecule has 0 bridgehead atoms. The van der Waals surface area contributed by atoms with E-state index < -0.39 is 0 Å². The zero-order chi connectivity index (χ0) is 10.0. The van der Waals surface area contributed by atoms with E-state index in [1.807, 2.05) is 6.92 Å². The molecular formula is C7H9N3S3. The van der Waals surface area contributed by atoms with Crippen LogP contribution in [0.4, 0.5) is 5.69 Å². The topological polar surface area (TPSA) is 43.6 Å². The fourth-order valence-corrected chi connectivity index (χ4v) is 1.65. The van der Waals surface area contributed by atoms with Crippen molar-refractivity contribution in [3.05, 3.63) is 15.1 Å². The van der Waals surface area contributed by atoms with Crippen LogP contribution in [0, 0.1) is 16.3 Å². The Balaban J connectivity index is 3.29. The quantitative estimate of drug-likeness (QED) is 0.650. The minimum absolute atomic E-state index is 0.523. The van der Waals surface area contributed by atoms with Crippen LogP contribution in [-0.2, 0) is 0 Å². The third kappa shape index (κ3) is 2.68. The van der Waals surface area contributed by atoms with Crippen LogP contribution in [0.5, 0.6) is 0 Å². The van der Waals surface area contributed by atoms with Gasteiger partial charge in [-0.2, -0.15) is 0 Å². The number of rotatable bonds is 1. The Bertz CT molecular complexity index is 443. The van der Waals surface area contributed by atoms with E-state index in [2.05, 4.69) is 15.3 Å². The Hall–Kier alpha value is -0.590. The number of aromatic nitrogens is 2. The average molecular weight is 231 g/mol. The SMILES string of the molecule is CC(=S)Nc1c(C)[nH]c(=S)[nH]c1=S. The molecule has 0 saturated carbocycles. The molecule has 0 aliphatic heterocycles. The normalized spacial score (nSPS) is 9.69. The van der Waals surface area contributed by atoms with Crippen molar-refractivity contribution in [2.45, 2.75) is 13.8 Å². The van der Waals surface area contributed by atoms with E-state index in [1.54, 1.807) is 6.92 Å². The maximum absolute atomic E-state index is 5.08. The van der Waals surface area contributed by atoms with E-state index in [0.717, 1.165) is 11.4 Å². The molecular weight excluding hydrogens is 222 g/mol. The molecule has 3 nitrogen and oxygen atoms in total. The Morgan fingerprint density at radius 2 is 1.92 bits per heavy atom. The van der Waals surface area contributed by atoms with Crippen LogP contribution in [0.15, 0.2) is 0 Å². The summed E-state index contributed by atoms with van der Waals surface area (Å²) in [6.07, 6.45) is 0. The van der Waals surface area contributed by atoms with E-state index in [-0.39, 0.29) is 0 Å². The zero-order valence-corrected chi connectivity index (χ0v) is 9.67. The van der Waals surface area contributed by atoms with Gasteiger partial charge in [0.2, 0.25) is 0 Å². The summed E-state index contributed by atoms with van der Waals surface area (Å²) < 4.78 is 1.10. The number of H-pyrrole nitrogens is 2. The highest BCUT2D eigenvalue weighted by Gasteiger charge is 2.00. The Kier molecular flexibility index (Phi) is 3.29. The summed E-state index contributed by atoms with van der Waals surface area (Å²) in [7, 11) is 0. The number of aryl methyl sites for hydroxylation is 1. The lowest BCUT2D eigenvalue weighted by atomic mass is 10.4. The third-order valence-electron chi connectivity index (χ3n) is 1.43. The van der Waals surface area contributed by atoms with E-state index in [0.29, 0.717) is 14.4 Å². The van der Waals surface area contributed by atoms with Crippen molar-refractivity contribution >= 4 is 47.3 Å². The first kappa shape index (κ1) is 10.5. The minimum Gasteiger partial charge on any atom is -0.346 e. The number of hydrogen-bond donors (Lipinski definition) is 3. The van der Waals surface area contributed by atoms with Gasteiger partial charge in [0, 0.05) is 5.69 Å². The molecule has 0 unspecified atom stereocenters. The molecule has 0 amide bonds. The lowest BCUT2D eigenvalue weighted by Gasteiger charge is -2.07. The lowest BCUT2D eigenvalue weighted by Crippen LogP contribution is -2.07. The second-order valence-electron chi connectivity index (χ2n) is 2.59. The molecule has 70 valence electrons. The number of thiocarbonyl (C=S) groups is 1. The molecule has 0 aromatic carbocycles. The minimum atomic E-state index is 0.523. The highest BCUT2D eigenvalue weighted by molar-refractivity contribution is 7.80. The molecule has 0 aliphatic carbocycles. The first-order valence-corrected chi connectivity index (χ1v) is 4.84. The first-order chi connectivity index (χ1) is 6.00. The van der Waals surface area contributed by atoms with E-state index in [4.69, 9.17) is 36.7 Å². The van der Waals surface area contributed by atoms with Gasteiger partial charge in [0.1, 0.15) is 4.64 Å². The molecule has 0 radical (unpaired) electrons. The van der Waals surface area contributed by atoms with Gasteiger partial charge in [-0.1, -0.05) is 24.4 Å². The van der Waals surface area contributed by atoms with Crippen molar-refractivity contribution in [2.24, 2.45) is 0 Å². The molecule has 1 heterocycles. The van der Waals surface area contributed by atoms with Gasteiger partial charge in [-0.15, -0.1) is 0 Å². The largest absolute Gasteiger partial charge is 0.346 e. The fraction of sp³-hybridized carbons (Fsp3) is 0.286. The van der Waals surface area contributed by atoms with Crippen molar-refractivity contribution < 1.29 is 0 Å². The van der Waals surface area contributed by atoms with Crippen molar-refractivity contribution in [1.82, 2.24) is 9.97 Å². The van der Waals surface area contributed by atoms with Crippen molar-refractivity contribution in [3.63, 3.8) is 0 Å². The Labute approximate surface area is 91.6 Å². The van der Waals surface area contributed by atoms with Crippen LogP contribution >= 0.6 is 36.7 Å². The molecule has 0 atom stereocenters. The lowest BCUT2D eigenvalue weighted by molar-refractivity contribution is 1.07. The Morgan fingerprint density at radius 3 is 2.38 bits per heavy atom. The fourth-order valence-electron chi connectivity index (χ4n) is 0.927. The highest BCUT2D eigenvalue weighted by atomic mass is 32.1. The molecule has 1 aromatic heterocycles. The summed E-state index contributed by atoms with van der Waals surface area (Å²) in [6, 6.07) is 0. The summed E-state index contributed by atoms with van der Waals surface area (Å²) in [5.74, 6) is 0. The summed E-state index contributed by atoms with van der Waals surface area (Å²) >= 11 is 14.9. The standard InChI is InChI=1S/C7H9N3S3/c1-3-5(9-4(2)11)6(12)10-7(13)8-3/h1-2H3,(H,9,11)(H2,8,10,12,13). The maximum Gasteiger partial charge on any atom is 0.175 e. The predicted molar refractivity (Wildman–Crippen MR) is 63.4 cm³/mol. The molecule has 1 aromatic rings. The number of nitrogens with one attached hydrogen (secondary N) is 3. The van der Waals surface area contributed by atoms with Gasteiger partial charge in [0.15, 0.2) is 4.77 Å². The van der Waals surface area contributed by atoms with Crippen LogP contribution in [0.2, 0.25) is 0 Å². The van der Waals surface area contributed by atoms with Crippen LogP contribution in [0.25, 0.3) is 0 Å². The van der Waals surface area contributed by atoms with Gasteiger partial charge in [-0.3, -0.25) is 0 Å². The van der Waals surface area contributed by atoms with Gasteiger partial charge in [-0.25, -0.2) is 0 Å². The summed E-state index contributed by atoms with van der Waals surface area (Å²) in [5.41, 5.74) is 1.68. The van der Waals surface area contributed by atoms with Crippen LogP contribution < -0.4 is 5.32 Å². The number of anilines is 1. The Morgan fingerprint density at radius 1 is 1.31 bits per heavy atom. The predicted octanol–water partition coefficient (Wildman–Crippen LogP) is 2.87. The number of aromatic amines is 2. The highest BCUT2D eigenvalue weighted by Crippen LogP contribution is 2.12. The van der Waals surface area contributed by atoms with E-state index in [9.17, 15) is 0 Å². The molecule has 0 spiro atoms. The summed E-state index contributed by atoms with van der Waals surface area (Å²) in [5, 5.41) is 2.99. The maximum atomic E-state index is 5.08. The van der Waals surface area contributed by atoms with Crippen molar-refractivity contribution in [2.75, 3.05) is 5.32 Å². The average Bonchev–Trinajstić information content (AvgIpc) is 1.96. The first-order valence-electron chi connectivity index (χ1n) is 3.61. The molecule has 6 heteroatoms. The van der Waals surface area contributed by atoms with Gasteiger partial charge in [-0.05, 0) is 26.1 Å². The van der Waals surface area contributed by atoms with Gasteiger partial charge in [0.25, 0.3) is 0 Å². The monoisotopic (exact) mass is 231 g/mol. The van der Waals surface area contributed by atoms with Crippen LogP contribution in [0.1, 0.15) is 12.6 Å². The van der Waals surface area contributed by atoms with Crippen molar-refractivity contribution in [1.29, 1.82) is 0 Å². The molecule has 0 saturated heterocycles. The van der Waals surface area contributed by atoms with E-state index >= 15 is 0 Å². The second kappa shape index (κ2) is 4.08. The summed E-state index contributed by atoms with van der Waals surface area (Å²) in [6.45, 7) is 3.69. The molecule has 1 rings (SSSR count). The van der Waals surface area contributed by atoms with Gasteiger partial charge in [0.05, 0.1) is 10.7 Å². The van der Waals surface area contributed by atoms with Crippen molar-refractivity contribution in [3.8, 4) is 0 Å². The molecule has 0 aliphatic rings. The van der Waals surface area contributed by atoms with Crippen LogP contribution in [-0.4, -0.2) is 15.0 Å². The summed E-state index contributed by atoms with van der Waals surface area (Å²) in [4.78, 5) is 6.47. The van der Waals surface area contributed by atoms with Gasteiger partial charge < -0.3 is 15.3 Å². The van der Waals surface area contributed by atoms with E-state index in [1.165, 1.54) is 0 Å². The van der Waals surface area contributed by atoms with Crippen LogP contribution in [0.3, 0.4) is 0 Å². The zero-order valence-electron chi connectivity index (χ0n) is 7.22. The smallest absolute Gasteiger partial charge is 0.175 e. The third-order valence-corrected chi connectivity index (χ3v) is 2.04. The van der Waals surface area contributed by atoms with Gasteiger partial charge >= 0.3 is 0 Å². The molecule has 3 N–H and O–H groups in total.